The van der Waals surface area contributed by atoms with Gasteiger partial charge in [-0.2, -0.15) is 5.26 Å². The quantitative estimate of drug-likeness (QED) is 0.819. The zero-order valence-corrected chi connectivity index (χ0v) is 14.7. The Balaban J connectivity index is 1.99. The highest BCUT2D eigenvalue weighted by atomic mass is 32.2. The Hall–Kier alpha value is -2.90. The summed E-state index contributed by atoms with van der Waals surface area (Å²) in [4.78, 5) is 12.5. The highest BCUT2D eigenvalue weighted by Crippen LogP contribution is 2.32. The van der Waals surface area contributed by atoms with Crippen molar-refractivity contribution < 1.29 is 22.3 Å². The van der Waals surface area contributed by atoms with E-state index in [2.05, 4.69) is 10.0 Å². The number of aromatic nitrogens is 1. The third kappa shape index (κ3) is 3.14. The van der Waals surface area contributed by atoms with Crippen molar-refractivity contribution >= 4 is 21.6 Å². The van der Waals surface area contributed by atoms with Gasteiger partial charge in [0.1, 0.15) is 23.4 Å². The summed E-state index contributed by atoms with van der Waals surface area (Å²) in [6.07, 6.45) is 1.29. The van der Waals surface area contributed by atoms with E-state index in [1.165, 1.54) is 29.9 Å². The van der Waals surface area contributed by atoms with Gasteiger partial charge in [0, 0.05) is 18.9 Å². The lowest BCUT2D eigenvalue weighted by atomic mass is 10.2. The summed E-state index contributed by atoms with van der Waals surface area (Å²) in [5, 5.41) is 11.4. The summed E-state index contributed by atoms with van der Waals surface area (Å²) in [7, 11) is -2.31. The average molecular weight is 378 g/mol. The van der Waals surface area contributed by atoms with Gasteiger partial charge in [0.15, 0.2) is 11.4 Å². The second-order valence-corrected chi connectivity index (χ2v) is 7.56. The van der Waals surface area contributed by atoms with Crippen molar-refractivity contribution in [2.45, 2.75) is 17.9 Å². The number of carbonyl (C=O) groups is 1. The summed E-state index contributed by atoms with van der Waals surface area (Å²) in [6.45, 7) is 1.71. The molecule has 2 heterocycles. The first-order chi connectivity index (χ1) is 12.2. The Morgan fingerprint density at radius 3 is 2.92 bits per heavy atom. The Kier molecular flexibility index (Phi) is 4.43. The number of carbonyl (C=O) groups excluding carboxylic acids is 1. The number of nitrogens with one attached hydrogen (secondary N) is 2. The molecular formula is C16H15FN4O4S. The minimum Gasteiger partial charge on any atom is -0.488 e. The van der Waals surface area contributed by atoms with Gasteiger partial charge in [0.2, 0.25) is 10.0 Å². The molecule has 1 aromatic heterocycles. The summed E-state index contributed by atoms with van der Waals surface area (Å²) in [5.74, 6) is -1.40. The van der Waals surface area contributed by atoms with Gasteiger partial charge in [-0.3, -0.25) is 4.79 Å². The van der Waals surface area contributed by atoms with Gasteiger partial charge in [0.05, 0.1) is 11.6 Å². The fourth-order valence-electron chi connectivity index (χ4n) is 2.62. The van der Waals surface area contributed by atoms with Crippen LogP contribution in [0.3, 0.4) is 0 Å². The first kappa shape index (κ1) is 17.9. The number of rotatable bonds is 2. The molecule has 0 radical (unpaired) electrons. The number of halogens is 1. The van der Waals surface area contributed by atoms with Crippen LogP contribution in [0.4, 0.5) is 10.1 Å². The third-order valence-electron chi connectivity index (χ3n) is 3.79. The second kappa shape index (κ2) is 6.44. The zero-order chi connectivity index (χ0) is 19.1. The third-order valence-corrected chi connectivity index (χ3v) is 5.37. The molecule has 1 aliphatic rings. The van der Waals surface area contributed by atoms with Gasteiger partial charge < -0.3 is 14.6 Å². The van der Waals surface area contributed by atoms with E-state index in [-0.39, 0.29) is 34.2 Å². The molecule has 0 aliphatic carbocycles. The van der Waals surface area contributed by atoms with Crippen LogP contribution < -0.4 is 14.8 Å². The van der Waals surface area contributed by atoms with Crippen LogP contribution in [0.5, 0.6) is 5.75 Å². The molecule has 26 heavy (non-hydrogen) atoms. The molecule has 8 nitrogen and oxygen atoms in total. The number of nitrogens with zero attached hydrogens (tertiary/aromatic N) is 2. The van der Waals surface area contributed by atoms with E-state index >= 15 is 0 Å². The highest BCUT2D eigenvalue weighted by molar-refractivity contribution is 7.89. The van der Waals surface area contributed by atoms with Crippen LogP contribution in [0.1, 0.15) is 23.0 Å². The fraction of sp³-hybridized carbons (Fsp3) is 0.250. The molecule has 0 spiro atoms. The van der Waals surface area contributed by atoms with Gasteiger partial charge in [-0.05, 0) is 25.1 Å². The molecule has 10 heteroatoms. The molecule has 1 atom stereocenters. The maximum Gasteiger partial charge on any atom is 0.276 e. The molecule has 136 valence electrons. The molecule has 1 aliphatic heterocycles. The molecule has 0 unspecified atom stereocenters. The van der Waals surface area contributed by atoms with Crippen molar-refractivity contribution in [1.82, 2.24) is 9.29 Å². The van der Waals surface area contributed by atoms with E-state index in [9.17, 15) is 17.6 Å². The van der Waals surface area contributed by atoms with Crippen LogP contribution in [0.15, 0.2) is 29.3 Å². The molecule has 2 aromatic rings. The van der Waals surface area contributed by atoms with Gasteiger partial charge in [-0.25, -0.2) is 17.5 Å². The number of hydrogen-bond acceptors (Lipinski definition) is 5. The van der Waals surface area contributed by atoms with Crippen molar-refractivity contribution in [2.24, 2.45) is 7.05 Å². The largest absolute Gasteiger partial charge is 0.488 e. The monoisotopic (exact) mass is 378 g/mol. The average Bonchev–Trinajstić information content (AvgIpc) is 2.86. The predicted molar refractivity (Wildman–Crippen MR) is 89.8 cm³/mol. The number of amides is 1. The Labute approximate surface area is 149 Å². The van der Waals surface area contributed by atoms with Crippen LogP contribution in [-0.4, -0.2) is 31.5 Å². The molecule has 1 amide bonds. The smallest absolute Gasteiger partial charge is 0.276 e. The van der Waals surface area contributed by atoms with Crippen molar-refractivity contribution in [2.75, 3.05) is 11.9 Å². The SMILES string of the molecule is C[C@@H]1COc2c(cn(C)c2C(=O)Nc2ccc(F)c(C#N)c2)S(=O)(=O)N1. The van der Waals surface area contributed by atoms with E-state index < -0.39 is 27.8 Å². The second-order valence-electron chi connectivity index (χ2n) is 5.88. The lowest BCUT2D eigenvalue weighted by molar-refractivity contribution is 0.101. The number of fused-ring (bicyclic) bond motifs is 1. The lowest BCUT2D eigenvalue weighted by Gasteiger charge is -2.11. The van der Waals surface area contributed by atoms with Crippen LogP contribution in [-0.2, 0) is 17.1 Å². The van der Waals surface area contributed by atoms with Crippen LogP contribution in [0.2, 0.25) is 0 Å². The predicted octanol–water partition coefficient (Wildman–Crippen LogP) is 1.35. The molecule has 0 saturated heterocycles. The maximum atomic E-state index is 13.4. The van der Waals surface area contributed by atoms with Crippen molar-refractivity contribution in [3.8, 4) is 11.8 Å². The number of hydrogen-bond donors (Lipinski definition) is 2. The molecule has 2 N–H and O–H groups in total. The number of aryl methyl sites for hydroxylation is 1. The summed E-state index contributed by atoms with van der Waals surface area (Å²) in [5.41, 5.74) is -0.0152. The van der Waals surface area contributed by atoms with Crippen molar-refractivity contribution in [3.63, 3.8) is 0 Å². The molecule has 0 saturated carbocycles. The number of ether oxygens (including phenoxy) is 1. The Morgan fingerprint density at radius 2 is 2.23 bits per heavy atom. The molecule has 0 fully saturated rings. The molecule has 0 bridgehead atoms. The van der Waals surface area contributed by atoms with Gasteiger partial charge >= 0.3 is 0 Å². The molecule has 3 rings (SSSR count). The highest BCUT2D eigenvalue weighted by Gasteiger charge is 2.33. The number of benzene rings is 1. The first-order valence-electron chi connectivity index (χ1n) is 7.58. The number of sulfonamides is 1. The van der Waals surface area contributed by atoms with Crippen LogP contribution >= 0.6 is 0 Å². The Morgan fingerprint density at radius 1 is 1.50 bits per heavy atom. The minimum atomic E-state index is -3.82. The summed E-state index contributed by atoms with van der Waals surface area (Å²) in [6, 6.07) is 4.79. The van der Waals surface area contributed by atoms with Crippen LogP contribution in [0.25, 0.3) is 0 Å². The lowest BCUT2D eigenvalue weighted by Crippen LogP contribution is -2.34. The van der Waals surface area contributed by atoms with Gasteiger partial charge in [-0.15, -0.1) is 0 Å². The number of nitriles is 1. The molecule has 1 aromatic carbocycles. The van der Waals surface area contributed by atoms with Gasteiger partial charge in [-0.1, -0.05) is 0 Å². The molecular weight excluding hydrogens is 363 g/mol. The first-order valence-corrected chi connectivity index (χ1v) is 9.06. The van der Waals surface area contributed by atoms with E-state index in [4.69, 9.17) is 10.00 Å². The van der Waals surface area contributed by atoms with Crippen molar-refractivity contribution in [1.29, 1.82) is 5.26 Å². The van der Waals surface area contributed by atoms with E-state index in [1.807, 2.05) is 0 Å². The normalized spacial score (nSPS) is 18.2. The van der Waals surface area contributed by atoms with Gasteiger partial charge in [0.25, 0.3) is 5.91 Å². The summed E-state index contributed by atoms with van der Waals surface area (Å²) < 4.78 is 47.4. The fourth-order valence-corrected chi connectivity index (χ4v) is 4.04. The van der Waals surface area contributed by atoms with Crippen molar-refractivity contribution in [3.05, 3.63) is 41.5 Å². The van der Waals surface area contributed by atoms with E-state index in [0.29, 0.717) is 0 Å². The maximum absolute atomic E-state index is 13.4. The van der Waals surface area contributed by atoms with E-state index in [1.54, 1.807) is 13.0 Å². The van der Waals surface area contributed by atoms with E-state index in [0.717, 1.165) is 6.07 Å². The summed E-state index contributed by atoms with van der Waals surface area (Å²) >= 11 is 0. The van der Waals surface area contributed by atoms with Crippen LogP contribution in [0, 0.1) is 17.1 Å². The zero-order valence-electron chi connectivity index (χ0n) is 13.9. The number of anilines is 1. The standard InChI is InChI=1S/C16H15FN4O4S/c1-9-8-25-15-13(26(23,24)20-9)7-21(2)14(15)16(22)19-11-3-4-12(17)10(5-11)6-18/h3-5,7,9,20H,8H2,1-2H3,(H,19,22)/t9-/m1/s1. The Bertz CT molecular complexity index is 1040. The minimum absolute atomic E-state index is 0.00214. The topological polar surface area (TPSA) is 113 Å².